The molecule has 0 saturated heterocycles. The third-order valence-corrected chi connectivity index (χ3v) is 2.56. The minimum atomic E-state index is -0.399. The van der Waals surface area contributed by atoms with Gasteiger partial charge in [-0.2, -0.15) is 0 Å². The molecule has 1 atom stereocenters. The maximum atomic E-state index is 9.95. The Labute approximate surface area is 98.8 Å². The molecular formula is C11H25N4O+. The van der Waals surface area contributed by atoms with E-state index in [-0.39, 0.29) is 0 Å². The second kappa shape index (κ2) is 7.34. The average molecular weight is 229 g/mol. The lowest BCUT2D eigenvalue weighted by Crippen LogP contribution is -2.48. The fourth-order valence-electron chi connectivity index (χ4n) is 1.44. The highest BCUT2D eigenvalue weighted by Crippen LogP contribution is 2.00. The van der Waals surface area contributed by atoms with Crippen molar-refractivity contribution < 1.29 is 9.59 Å². The van der Waals surface area contributed by atoms with Crippen molar-refractivity contribution in [1.82, 2.24) is 10.2 Å². The van der Waals surface area contributed by atoms with Crippen molar-refractivity contribution in [2.75, 3.05) is 47.4 Å². The van der Waals surface area contributed by atoms with Gasteiger partial charge in [-0.05, 0) is 14.0 Å². The Morgan fingerprint density at radius 2 is 2.12 bits per heavy atom. The first-order chi connectivity index (χ1) is 7.45. The van der Waals surface area contributed by atoms with E-state index in [1.54, 1.807) is 4.90 Å². The second-order valence-electron chi connectivity index (χ2n) is 4.58. The minimum Gasteiger partial charge on any atom is -0.385 e. The van der Waals surface area contributed by atoms with Gasteiger partial charge in [0.2, 0.25) is 0 Å². The van der Waals surface area contributed by atoms with Crippen LogP contribution in [-0.2, 0) is 0 Å². The fourth-order valence-corrected chi connectivity index (χ4v) is 1.44. The number of nitrogens with two attached hydrogens (primary N) is 1. The fraction of sp³-hybridized carbons (Fsp3) is 0.818. The molecule has 1 unspecified atom stereocenters. The van der Waals surface area contributed by atoms with Crippen LogP contribution >= 0.6 is 0 Å². The Morgan fingerprint density at radius 3 is 2.56 bits per heavy atom. The SMILES string of the molecule is CC[N+](C)(C)CC(O)CN(C#CN)CNC. The molecule has 0 heterocycles. The van der Waals surface area contributed by atoms with Crippen molar-refractivity contribution in [3.05, 3.63) is 0 Å². The van der Waals surface area contributed by atoms with Gasteiger partial charge in [-0.3, -0.25) is 0 Å². The van der Waals surface area contributed by atoms with Crippen molar-refractivity contribution in [2.24, 2.45) is 5.73 Å². The molecule has 94 valence electrons. The molecule has 0 fully saturated rings. The van der Waals surface area contributed by atoms with Gasteiger partial charge in [0.15, 0.2) is 0 Å². The van der Waals surface area contributed by atoms with Gasteiger partial charge in [0, 0.05) is 12.1 Å². The van der Waals surface area contributed by atoms with Crippen molar-refractivity contribution in [3.63, 3.8) is 0 Å². The lowest BCUT2D eigenvalue weighted by molar-refractivity contribution is -0.891. The van der Waals surface area contributed by atoms with Crippen LogP contribution in [0.4, 0.5) is 0 Å². The normalized spacial score (nSPS) is 12.8. The van der Waals surface area contributed by atoms with Gasteiger partial charge < -0.3 is 25.5 Å². The number of hydrogen-bond donors (Lipinski definition) is 3. The van der Waals surface area contributed by atoms with Gasteiger partial charge in [0.25, 0.3) is 0 Å². The molecule has 0 bridgehead atoms. The Morgan fingerprint density at radius 1 is 1.50 bits per heavy atom. The molecule has 4 N–H and O–H groups in total. The van der Waals surface area contributed by atoms with E-state index >= 15 is 0 Å². The lowest BCUT2D eigenvalue weighted by Gasteiger charge is -2.31. The topological polar surface area (TPSA) is 61.5 Å². The molecule has 0 aromatic heterocycles. The number of nitrogens with zero attached hydrogens (tertiary/aromatic N) is 2. The molecule has 0 amide bonds. The van der Waals surface area contributed by atoms with Crippen LogP contribution in [0, 0.1) is 12.1 Å². The third kappa shape index (κ3) is 6.51. The molecule has 0 rings (SSSR count). The van der Waals surface area contributed by atoms with E-state index in [2.05, 4.69) is 38.4 Å². The monoisotopic (exact) mass is 229 g/mol. The largest absolute Gasteiger partial charge is 0.385 e. The number of aliphatic hydroxyl groups is 1. The summed E-state index contributed by atoms with van der Waals surface area (Å²) in [6.07, 6.45) is -0.399. The summed E-state index contributed by atoms with van der Waals surface area (Å²) in [5.41, 5.74) is 5.17. The summed E-state index contributed by atoms with van der Waals surface area (Å²) in [5.74, 6) is 0. The van der Waals surface area contributed by atoms with Gasteiger partial charge in [0.1, 0.15) is 12.6 Å². The first-order valence-electron chi connectivity index (χ1n) is 5.56. The molecule has 0 aromatic rings. The Hall–Kier alpha value is -0.960. The van der Waals surface area contributed by atoms with Gasteiger partial charge in [0.05, 0.1) is 33.9 Å². The summed E-state index contributed by atoms with van der Waals surface area (Å²) in [6, 6.07) is 5.10. The summed E-state index contributed by atoms with van der Waals surface area (Å²) in [4.78, 5) is 1.78. The number of aliphatic hydroxyl groups excluding tert-OH is 1. The first-order valence-corrected chi connectivity index (χ1v) is 5.56. The van der Waals surface area contributed by atoms with E-state index in [1.165, 1.54) is 0 Å². The highest BCUT2D eigenvalue weighted by Gasteiger charge is 2.19. The van der Waals surface area contributed by atoms with Crippen molar-refractivity contribution in [1.29, 1.82) is 0 Å². The van der Waals surface area contributed by atoms with Gasteiger partial charge in [-0.15, -0.1) is 0 Å². The zero-order chi connectivity index (χ0) is 12.6. The molecular weight excluding hydrogens is 204 g/mol. The molecule has 0 aromatic carbocycles. The molecule has 0 spiro atoms. The minimum absolute atomic E-state index is 0.399. The zero-order valence-corrected chi connectivity index (χ0v) is 10.8. The van der Waals surface area contributed by atoms with Crippen LogP contribution in [0.2, 0.25) is 0 Å². The van der Waals surface area contributed by atoms with Crippen LogP contribution < -0.4 is 11.1 Å². The third-order valence-electron chi connectivity index (χ3n) is 2.56. The van der Waals surface area contributed by atoms with Gasteiger partial charge in [-0.1, -0.05) is 0 Å². The Bertz CT molecular complexity index is 244. The van der Waals surface area contributed by atoms with Crippen molar-refractivity contribution in [3.8, 4) is 12.1 Å². The van der Waals surface area contributed by atoms with Crippen LogP contribution in [0.25, 0.3) is 0 Å². The highest BCUT2D eigenvalue weighted by molar-refractivity contribution is 4.94. The standard InChI is InChI=1S/C11H25N4O/c1-5-15(3,4)9-11(16)8-14(7-6-12)10-13-2/h11,13,16H,5,8-10,12H2,1-4H3/q+1. The van der Waals surface area contributed by atoms with E-state index in [0.717, 1.165) is 11.0 Å². The number of hydrogen-bond acceptors (Lipinski definition) is 4. The molecule has 5 nitrogen and oxygen atoms in total. The smallest absolute Gasteiger partial charge is 0.121 e. The molecule has 0 aliphatic rings. The van der Waals surface area contributed by atoms with Crippen LogP contribution in [-0.4, -0.2) is 68.0 Å². The maximum absolute atomic E-state index is 9.95. The highest BCUT2D eigenvalue weighted by atomic mass is 16.3. The summed E-state index contributed by atoms with van der Waals surface area (Å²) in [5, 5.41) is 12.9. The van der Waals surface area contributed by atoms with E-state index in [0.29, 0.717) is 19.8 Å². The van der Waals surface area contributed by atoms with Gasteiger partial charge >= 0.3 is 0 Å². The summed E-state index contributed by atoms with van der Waals surface area (Å²) in [7, 11) is 6.03. The molecule has 0 saturated carbocycles. The van der Waals surface area contributed by atoms with E-state index in [4.69, 9.17) is 5.73 Å². The molecule has 0 radical (unpaired) electrons. The average Bonchev–Trinajstić information content (AvgIpc) is 2.17. The number of nitrogens with one attached hydrogen (secondary N) is 1. The van der Waals surface area contributed by atoms with Crippen LogP contribution in [0.15, 0.2) is 0 Å². The Balaban J connectivity index is 4.17. The zero-order valence-electron chi connectivity index (χ0n) is 10.8. The van der Waals surface area contributed by atoms with E-state index < -0.39 is 6.10 Å². The van der Waals surface area contributed by atoms with Crippen LogP contribution in [0.5, 0.6) is 0 Å². The summed E-state index contributed by atoms with van der Waals surface area (Å²) in [6.45, 7) is 4.92. The first kappa shape index (κ1) is 15.0. The van der Waals surface area contributed by atoms with Gasteiger partial charge in [-0.25, -0.2) is 0 Å². The van der Waals surface area contributed by atoms with Crippen molar-refractivity contribution in [2.45, 2.75) is 13.0 Å². The summed E-state index contributed by atoms with van der Waals surface area (Å²) < 4.78 is 0.796. The number of rotatable bonds is 7. The van der Waals surface area contributed by atoms with Crippen LogP contribution in [0.1, 0.15) is 6.92 Å². The second-order valence-corrected chi connectivity index (χ2v) is 4.58. The van der Waals surface area contributed by atoms with E-state index in [1.807, 2.05) is 7.05 Å². The molecule has 5 heteroatoms. The summed E-state index contributed by atoms with van der Waals surface area (Å²) >= 11 is 0. The van der Waals surface area contributed by atoms with Crippen molar-refractivity contribution >= 4 is 0 Å². The predicted molar refractivity (Wildman–Crippen MR) is 66.1 cm³/mol. The van der Waals surface area contributed by atoms with E-state index in [9.17, 15) is 5.11 Å². The molecule has 16 heavy (non-hydrogen) atoms. The Kier molecular flexibility index (Phi) is 6.90. The quantitative estimate of drug-likeness (QED) is 0.222. The molecule has 0 aliphatic carbocycles. The predicted octanol–water partition coefficient (Wildman–Crippen LogP) is -1.20. The number of likely N-dealkylation sites (N-methyl/N-ethyl adjacent to an activating group) is 1. The van der Waals surface area contributed by atoms with Crippen LogP contribution in [0.3, 0.4) is 0 Å². The maximum Gasteiger partial charge on any atom is 0.121 e. The lowest BCUT2D eigenvalue weighted by atomic mass is 10.3. The molecule has 0 aliphatic heterocycles. The number of quaternary nitrogens is 1.